The molecule has 3 amide bonds. The van der Waals surface area contributed by atoms with Crippen molar-refractivity contribution in [3.63, 3.8) is 0 Å². The average Bonchev–Trinajstić information content (AvgIpc) is 2.83. The van der Waals surface area contributed by atoms with Gasteiger partial charge in [0.05, 0.1) is 34.0 Å². The molecule has 0 aliphatic rings. The van der Waals surface area contributed by atoms with Crippen LogP contribution in [0.4, 0.5) is 16.2 Å². The molecule has 2 aromatic carbocycles. The molecule has 1 aromatic heterocycles. The number of fused-ring (bicyclic) bond motifs is 1. The summed E-state index contributed by atoms with van der Waals surface area (Å²) in [5, 5.41) is 9.13. The van der Waals surface area contributed by atoms with Crippen LogP contribution < -0.4 is 16.0 Å². The molecule has 0 spiro atoms. The number of rotatable bonds is 8. The van der Waals surface area contributed by atoms with Crippen molar-refractivity contribution in [1.29, 1.82) is 0 Å². The van der Waals surface area contributed by atoms with E-state index in [1.54, 1.807) is 42.5 Å². The Morgan fingerprint density at radius 3 is 2.41 bits per heavy atom. The molecule has 0 unspecified atom stereocenters. The lowest BCUT2D eigenvalue weighted by Crippen LogP contribution is -2.42. The van der Waals surface area contributed by atoms with Gasteiger partial charge in [-0.2, -0.15) is 0 Å². The van der Waals surface area contributed by atoms with Gasteiger partial charge in [-0.3, -0.25) is 4.79 Å². The highest BCUT2D eigenvalue weighted by molar-refractivity contribution is 6.39. The van der Waals surface area contributed by atoms with Crippen LogP contribution in [-0.2, 0) is 9.53 Å². The summed E-state index contributed by atoms with van der Waals surface area (Å²) in [4.78, 5) is 42.5. The molecule has 0 aliphatic heterocycles. The van der Waals surface area contributed by atoms with Crippen molar-refractivity contribution in [2.75, 3.05) is 17.7 Å². The Morgan fingerprint density at radius 2 is 1.74 bits per heavy atom. The van der Waals surface area contributed by atoms with E-state index in [1.807, 2.05) is 13.0 Å². The van der Waals surface area contributed by atoms with Gasteiger partial charge in [0.1, 0.15) is 6.04 Å². The Labute approximate surface area is 207 Å². The van der Waals surface area contributed by atoms with Crippen LogP contribution in [0.5, 0.6) is 0 Å². The Hall–Kier alpha value is -3.36. The van der Waals surface area contributed by atoms with Gasteiger partial charge in [-0.25, -0.2) is 14.6 Å². The van der Waals surface area contributed by atoms with Crippen LogP contribution in [0.2, 0.25) is 10.0 Å². The number of ether oxygens (including phenoxy) is 1. The van der Waals surface area contributed by atoms with E-state index in [4.69, 9.17) is 27.9 Å². The van der Waals surface area contributed by atoms with Gasteiger partial charge in [0.15, 0.2) is 5.69 Å². The molecule has 3 rings (SSSR count). The fraction of sp³-hybridized carbons (Fsp3) is 0.250. The van der Waals surface area contributed by atoms with Crippen molar-refractivity contribution < 1.29 is 19.1 Å². The maximum absolute atomic E-state index is 13.2. The van der Waals surface area contributed by atoms with Gasteiger partial charge in [-0.15, -0.1) is 0 Å². The molecule has 178 valence electrons. The Balaban J connectivity index is 1.92. The Bertz CT molecular complexity index is 1200. The van der Waals surface area contributed by atoms with Gasteiger partial charge in [0.2, 0.25) is 0 Å². The first-order valence-electron chi connectivity index (χ1n) is 10.6. The number of esters is 1. The van der Waals surface area contributed by atoms with Crippen LogP contribution in [0.25, 0.3) is 10.9 Å². The SMILES string of the molecule is CCCC[C@@H](NC(=O)c1nc2ccccc2cc1NC(=O)Nc1c(Cl)cccc1Cl)C(=O)OC. The van der Waals surface area contributed by atoms with Crippen molar-refractivity contribution >= 4 is 63.4 Å². The number of carbonyl (C=O) groups is 3. The maximum Gasteiger partial charge on any atom is 0.328 e. The third-order valence-electron chi connectivity index (χ3n) is 5.03. The van der Waals surface area contributed by atoms with E-state index in [0.717, 1.165) is 12.8 Å². The molecule has 0 saturated heterocycles. The van der Waals surface area contributed by atoms with Crippen molar-refractivity contribution in [2.45, 2.75) is 32.2 Å². The van der Waals surface area contributed by atoms with E-state index in [-0.39, 0.29) is 27.1 Å². The number of amides is 3. The summed E-state index contributed by atoms with van der Waals surface area (Å²) in [5.41, 5.74) is 0.879. The molecule has 0 radical (unpaired) electrons. The van der Waals surface area contributed by atoms with E-state index in [2.05, 4.69) is 20.9 Å². The predicted molar refractivity (Wildman–Crippen MR) is 134 cm³/mol. The Morgan fingerprint density at radius 1 is 1.03 bits per heavy atom. The standard InChI is InChI=1S/C24H24Cl2N4O4/c1-3-4-11-18(23(32)34-2)28-22(31)21-19(13-14-8-5-6-12-17(14)27-21)29-24(33)30-20-15(25)9-7-10-16(20)26/h5-10,12-13,18H,3-4,11H2,1-2H3,(H,28,31)(H2,29,30,33)/t18-/m1/s1. The number of hydrogen-bond acceptors (Lipinski definition) is 5. The number of urea groups is 1. The molecule has 0 saturated carbocycles. The lowest BCUT2D eigenvalue weighted by molar-refractivity contribution is -0.143. The molecule has 3 aromatic rings. The molecule has 0 aliphatic carbocycles. The minimum Gasteiger partial charge on any atom is -0.467 e. The molecule has 0 bridgehead atoms. The van der Waals surface area contributed by atoms with Crippen molar-refractivity contribution in [3.8, 4) is 0 Å². The average molecular weight is 503 g/mol. The number of anilines is 2. The highest BCUT2D eigenvalue weighted by Gasteiger charge is 2.25. The number of nitrogens with zero attached hydrogens (tertiary/aromatic N) is 1. The number of hydrogen-bond donors (Lipinski definition) is 3. The zero-order valence-corrected chi connectivity index (χ0v) is 20.2. The summed E-state index contributed by atoms with van der Waals surface area (Å²) in [6, 6.07) is 12.1. The number of aromatic nitrogens is 1. The monoisotopic (exact) mass is 502 g/mol. The Kier molecular flexibility index (Phi) is 8.67. The van der Waals surface area contributed by atoms with Crippen molar-refractivity contribution in [2.24, 2.45) is 0 Å². The second-order valence-electron chi connectivity index (χ2n) is 7.44. The van der Waals surface area contributed by atoms with Gasteiger partial charge in [-0.1, -0.05) is 67.2 Å². The summed E-state index contributed by atoms with van der Waals surface area (Å²) in [7, 11) is 1.26. The minimum atomic E-state index is -0.839. The van der Waals surface area contributed by atoms with Crippen LogP contribution in [0.3, 0.4) is 0 Å². The van der Waals surface area contributed by atoms with Gasteiger partial charge in [0.25, 0.3) is 5.91 Å². The van der Waals surface area contributed by atoms with Gasteiger partial charge in [-0.05, 0) is 30.7 Å². The quantitative estimate of drug-likeness (QED) is 0.345. The number of nitrogens with one attached hydrogen (secondary N) is 3. The number of para-hydroxylation sites is 2. The second-order valence-corrected chi connectivity index (χ2v) is 8.26. The number of pyridine rings is 1. The predicted octanol–water partition coefficient (Wildman–Crippen LogP) is 5.65. The third-order valence-corrected chi connectivity index (χ3v) is 5.66. The lowest BCUT2D eigenvalue weighted by atomic mass is 10.1. The maximum atomic E-state index is 13.2. The smallest absolute Gasteiger partial charge is 0.328 e. The van der Waals surface area contributed by atoms with Crippen molar-refractivity contribution in [3.05, 3.63) is 64.3 Å². The topological polar surface area (TPSA) is 109 Å². The lowest BCUT2D eigenvalue weighted by Gasteiger charge is -2.18. The molecular formula is C24H24Cl2N4O4. The van der Waals surface area contributed by atoms with Crippen molar-refractivity contribution in [1.82, 2.24) is 10.3 Å². The minimum absolute atomic E-state index is 0.0514. The molecule has 1 heterocycles. The summed E-state index contributed by atoms with van der Waals surface area (Å²) in [6.45, 7) is 1.98. The van der Waals surface area contributed by atoms with Gasteiger partial charge < -0.3 is 20.7 Å². The number of carbonyl (C=O) groups excluding carboxylic acids is 3. The number of halogens is 2. The third kappa shape index (κ3) is 6.15. The summed E-state index contributed by atoms with van der Waals surface area (Å²) in [5.74, 6) is -1.17. The molecule has 1 atom stereocenters. The highest BCUT2D eigenvalue weighted by Crippen LogP contribution is 2.30. The fourth-order valence-corrected chi connectivity index (χ4v) is 3.79. The second kappa shape index (κ2) is 11.7. The van der Waals surface area contributed by atoms with Gasteiger partial charge in [0, 0.05) is 5.39 Å². The van der Waals surface area contributed by atoms with Crippen LogP contribution in [0.1, 0.15) is 36.7 Å². The first kappa shape index (κ1) is 25.3. The van der Waals surface area contributed by atoms with Crippen LogP contribution >= 0.6 is 23.2 Å². The van der Waals surface area contributed by atoms with Crippen LogP contribution in [0.15, 0.2) is 48.5 Å². The number of methoxy groups -OCH3 is 1. The summed E-state index contributed by atoms with van der Waals surface area (Å²) in [6.07, 6.45) is 1.98. The van der Waals surface area contributed by atoms with E-state index in [0.29, 0.717) is 17.3 Å². The summed E-state index contributed by atoms with van der Waals surface area (Å²) < 4.78 is 4.82. The normalized spacial score (nSPS) is 11.5. The van der Waals surface area contributed by atoms with E-state index < -0.39 is 23.9 Å². The molecule has 3 N–H and O–H groups in total. The molecular weight excluding hydrogens is 479 g/mol. The van der Waals surface area contributed by atoms with Crippen LogP contribution in [-0.4, -0.2) is 36.0 Å². The molecule has 8 nitrogen and oxygen atoms in total. The fourth-order valence-electron chi connectivity index (χ4n) is 3.29. The number of benzene rings is 2. The van der Waals surface area contributed by atoms with E-state index in [1.165, 1.54) is 7.11 Å². The highest BCUT2D eigenvalue weighted by atomic mass is 35.5. The van der Waals surface area contributed by atoms with E-state index in [9.17, 15) is 14.4 Å². The van der Waals surface area contributed by atoms with Gasteiger partial charge >= 0.3 is 12.0 Å². The largest absolute Gasteiger partial charge is 0.467 e. The first-order valence-corrected chi connectivity index (χ1v) is 11.4. The molecule has 10 heteroatoms. The number of unbranched alkanes of at least 4 members (excludes halogenated alkanes) is 1. The molecule has 0 fully saturated rings. The van der Waals surface area contributed by atoms with Crippen LogP contribution in [0, 0.1) is 0 Å². The summed E-state index contributed by atoms with van der Waals surface area (Å²) >= 11 is 12.3. The zero-order chi connectivity index (χ0) is 24.7. The molecule has 34 heavy (non-hydrogen) atoms. The zero-order valence-electron chi connectivity index (χ0n) is 18.7. The van der Waals surface area contributed by atoms with E-state index >= 15 is 0 Å². The first-order chi connectivity index (χ1) is 16.3.